The summed E-state index contributed by atoms with van der Waals surface area (Å²) >= 11 is 0. The minimum atomic E-state index is -4.05. The number of hydrogen-bond donors (Lipinski definition) is 2. The Morgan fingerprint density at radius 2 is 1.75 bits per heavy atom. The third-order valence-electron chi connectivity index (χ3n) is 2.47. The molecule has 2 N–H and O–H groups in total. The summed E-state index contributed by atoms with van der Waals surface area (Å²) in [5.41, 5.74) is 0.931. The van der Waals surface area contributed by atoms with Crippen LogP contribution < -0.4 is 0 Å². The van der Waals surface area contributed by atoms with E-state index in [-0.39, 0.29) is 5.75 Å². The summed E-state index contributed by atoms with van der Waals surface area (Å²) in [6.45, 7) is 0. The molecule has 1 aromatic carbocycles. The van der Waals surface area contributed by atoms with Crippen LogP contribution in [0.4, 0.5) is 0 Å². The van der Waals surface area contributed by atoms with Gasteiger partial charge in [0.05, 0.1) is 6.42 Å². The van der Waals surface area contributed by atoms with Crippen molar-refractivity contribution in [3.05, 3.63) is 35.9 Å². The molecule has 0 amide bonds. The average molecular weight is 318 g/mol. The van der Waals surface area contributed by atoms with Gasteiger partial charge < -0.3 is 10.2 Å². The Balaban J connectivity index is 2.63. The second-order valence-corrected chi connectivity index (χ2v) is 8.27. The van der Waals surface area contributed by atoms with Gasteiger partial charge in [0.25, 0.3) is 0 Å². The van der Waals surface area contributed by atoms with E-state index in [0.717, 1.165) is 5.56 Å². The van der Waals surface area contributed by atoms with Gasteiger partial charge in [0.2, 0.25) is 8.87 Å². The SMILES string of the molecule is O=C(O)CC(C(=O)O)S(=O)(=O)SCCc1ccccc1. The molecule has 0 aromatic heterocycles. The van der Waals surface area contributed by atoms with Crippen LogP contribution in [0.3, 0.4) is 0 Å². The molecule has 0 radical (unpaired) electrons. The van der Waals surface area contributed by atoms with Crippen LogP contribution in [-0.4, -0.2) is 41.6 Å². The van der Waals surface area contributed by atoms with Gasteiger partial charge >= 0.3 is 11.9 Å². The zero-order valence-corrected chi connectivity index (χ0v) is 12.1. The van der Waals surface area contributed by atoms with Crippen LogP contribution in [0.25, 0.3) is 0 Å². The number of aliphatic carboxylic acids is 2. The summed E-state index contributed by atoms with van der Waals surface area (Å²) in [6.07, 6.45) is -0.472. The Morgan fingerprint density at radius 3 is 2.25 bits per heavy atom. The maximum absolute atomic E-state index is 11.8. The number of benzene rings is 1. The molecular formula is C12H14O6S2. The molecule has 1 aromatic rings. The summed E-state index contributed by atoms with van der Waals surface area (Å²) in [5, 5.41) is 15.5. The highest BCUT2D eigenvalue weighted by molar-refractivity contribution is 8.72. The van der Waals surface area contributed by atoms with Crippen LogP contribution >= 0.6 is 10.8 Å². The maximum atomic E-state index is 11.8. The van der Waals surface area contributed by atoms with Gasteiger partial charge in [-0.2, -0.15) is 0 Å². The normalized spacial score (nSPS) is 12.8. The van der Waals surface area contributed by atoms with Crippen LogP contribution in [0.1, 0.15) is 12.0 Å². The molecule has 20 heavy (non-hydrogen) atoms. The second kappa shape index (κ2) is 7.30. The van der Waals surface area contributed by atoms with Crippen molar-refractivity contribution in [2.45, 2.75) is 18.1 Å². The van der Waals surface area contributed by atoms with Crippen molar-refractivity contribution in [1.29, 1.82) is 0 Å². The van der Waals surface area contributed by atoms with Gasteiger partial charge in [-0.15, -0.1) is 0 Å². The van der Waals surface area contributed by atoms with E-state index in [0.29, 0.717) is 17.2 Å². The zero-order valence-electron chi connectivity index (χ0n) is 10.4. The van der Waals surface area contributed by atoms with Crippen LogP contribution in [0, 0.1) is 0 Å². The van der Waals surface area contributed by atoms with E-state index in [1.165, 1.54) is 0 Å². The largest absolute Gasteiger partial charge is 0.481 e. The van der Waals surface area contributed by atoms with E-state index in [4.69, 9.17) is 10.2 Å². The number of aryl methyl sites for hydroxylation is 1. The summed E-state index contributed by atoms with van der Waals surface area (Å²) in [5.74, 6) is -2.92. The molecule has 0 aliphatic rings. The lowest BCUT2D eigenvalue weighted by Crippen LogP contribution is -2.30. The van der Waals surface area contributed by atoms with E-state index >= 15 is 0 Å². The highest BCUT2D eigenvalue weighted by atomic mass is 33.1. The standard InChI is InChI=1S/C12H14O6S2/c13-11(14)8-10(12(15)16)20(17,18)19-7-6-9-4-2-1-3-5-9/h1-5,10H,6-8H2,(H,13,14)(H,15,16). The minimum absolute atomic E-state index is 0.176. The Labute approximate surface area is 120 Å². The maximum Gasteiger partial charge on any atom is 0.323 e. The molecule has 1 rings (SSSR count). The highest BCUT2D eigenvalue weighted by Crippen LogP contribution is 2.22. The molecule has 8 heteroatoms. The lowest BCUT2D eigenvalue weighted by atomic mass is 10.2. The molecule has 0 spiro atoms. The molecule has 1 unspecified atom stereocenters. The predicted molar refractivity (Wildman–Crippen MR) is 75.2 cm³/mol. The first-order chi connectivity index (χ1) is 9.33. The summed E-state index contributed by atoms with van der Waals surface area (Å²) in [7, 11) is -3.57. The van der Waals surface area contributed by atoms with E-state index in [2.05, 4.69) is 0 Å². The highest BCUT2D eigenvalue weighted by Gasteiger charge is 2.35. The molecule has 0 heterocycles. The summed E-state index contributed by atoms with van der Waals surface area (Å²) in [4.78, 5) is 21.4. The third-order valence-corrected chi connectivity index (χ3v) is 6.41. The average Bonchev–Trinajstić information content (AvgIpc) is 2.36. The molecule has 0 aliphatic heterocycles. The minimum Gasteiger partial charge on any atom is -0.481 e. The molecule has 110 valence electrons. The molecular weight excluding hydrogens is 304 g/mol. The number of carbonyl (C=O) groups is 2. The molecule has 6 nitrogen and oxygen atoms in total. The topological polar surface area (TPSA) is 109 Å². The molecule has 0 bridgehead atoms. The molecule has 0 aliphatic carbocycles. The lowest BCUT2D eigenvalue weighted by molar-refractivity contribution is -0.143. The van der Waals surface area contributed by atoms with Crippen LogP contribution in [0.5, 0.6) is 0 Å². The fraction of sp³-hybridized carbons (Fsp3) is 0.333. The van der Waals surface area contributed by atoms with Gasteiger partial charge in [-0.25, -0.2) is 8.42 Å². The number of carboxylic acid groups (broad SMARTS) is 2. The third kappa shape index (κ3) is 5.22. The van der Waals surface area contributed by atoms with Crippen molar-refractivity contribution < 1.29 is 28.2 Å². The molecule has 0 fully saturated rings. The fourth-order valence-corrected chi connectivity index (χ4v) is 4.67. The van der Waals surface area contributed by atoms with Crippen molar-refractivity contribution in [3.8, 4) is 0 Å². The quantitative estimate of drug-likeness (QED) is 0.694. The van der Waals surface area contributed by atoms with Gasteiger partial charge in [-0.1, -0.05) is 30.3 Å². The van der Waals surface area contributed by atoms with Gasteiger partial charge in [-0.05, 0) is 22.8 Å². The Morgan fingerprint density at radius 1 is 1.15 bits per heavy atom. The number of carboxylic acids is 2. The monoisotopic (exact) mass is 318 g/mol. The Bertz CT molecular complexity index is 567. The fourth-order valence-electron chi connectivity index (χ4n) is 1.47. The van der Waals surface area contributed by atoms with E-state index in [9.17, 15) is 18.0 Å². The van der Waals surface area contributed by atoms with Crippen molar-refractivity contribution >= 4 is 31.6 Å². The van der Waals surface area contributed by atoms with E-state index < -0.39 is 32.5 Å². The summed E-state index contributed by atoms with van der Waals surface area (Å²) < 4.78 is 23.6. The van der Waals surface area contributed by atoms with Gasteiger partial charge in [-0.3, -0.25) is 9.59 Å². The molecule has 0 saturated heterocycles. The first kappa shape index (κ1) is 16.5. The lowest BCUT2D eigenvalue weighted by Gasteiger charge is -2.10. The van der Waals surface area contributed by atoms with Crippen LogP contribution in [0.2, 0.25) is 0 Å². The van der Waals surface area contributed by atoms with Gasteiger partial charge in [0, 0.05) is 5.75 Å². The Kier molecular flexibility index (Phi) is 6.03. The molecule has 1 atom stereocenters. The predicted octanol–water partition coefficient (Wildman–Crippen LogP) is 1.22. The van der Waals surface area contributed by atoms with Gasteiger partial charge in [0.1, 0.15) is 0 Å². The van der Waals surface area contributed by atoms with Gasteiger partial charge in [0.15, 0.2) is 5.25 Å². The van der Waals surface area contributed by atoms with Crippen molar-refractivity contribution in [2.24, 2.45) is 0 Å². The first-order valence-corrected chi connectivity index (χ1v) is 8.74. The first-order valence-electron chi connectivity index (χ1n) is 5.69. The zero-order chi connectivity index (χ0) is 15.2. The smallest absolute Gasteiger partial charge is 0.323 e. The van der Waals surface area contributed by atoms with Crippen LogP contribution in [0.15, 0.2) is 30.3 Å². The summed E-state index contributed by atoms with van der Waals surface area (Å²) in [6, 6.07) is 9.14. The van der Waals surface area contributed by atoms with Crippen molar-refractivity contribution in [3.63, 3.8) is 0 Å². The van der Waals surface area contributed by atoms with Crippen LogP contribution in [-0.2, 0) is 24.9 Å². The second-order valence-electron chi connectivity index (χ2n) is 3.98. The van der Waals surface area contributed by atoms with E-state index in [1.807, 2.05) is 30.3 Å². The van der Waals surface area contributed by atoms with E-state index in [1.54, 1.807) is 0 Å². The number of rotatable bonds is 8. The Hall–Kier alpha value is -1.54. The van der Waals surface area contributed by atoms with Crippen molar-refractivity contribution in [1.82, 2.24) is 0 Å². The van der Waals surface area contributed by atoms with Crippen molar-refractivity contribution in [2.75, 3.05) is 5.75 Å². The molecule has 0 saturated carbocycles. The number of hydrogen-bond acceptors (Lipinski definition) is 5.